The van der Waals surface area contributed by atoms with E-state index < -0.39 is 11.9 Å². The molecule has 0 saturated heterocycles. The highest BCUT2D eigenvalue weighted by molar-refractivity contribution is 6.31. The predicted octanol–water partition coefficient (Wildman–Crippen LogP) is 4.45. The van der Waals surface area contributed by atoms with E-state index in [1.165, 1.54) is 18.2 Å². The molecule has 0 fully saturated rings. The van der Waals surface area contributed by atoms with Gasteiger partial charge in [0, 0.05) is 5.69 Å². The third-order valence-corrected chi connectivity index (χ3v) is 3.50. The quantitative estimate of drug-likeness (QED) is 0.883. The van der Waals surface area contributed by atoms with Gasteiger partial charge in [-0.25, -0.2) is 4.39 Å². The van der Waals surface area contributed by atoms with Gasteiger partial charge in [0.15, 0.2) is 6.10 Å². The SMILES string of the molecule is CCc1ccccc1O[C@H](C)C(=O)Nc1ccc(F)c(Cl)c1. The standard InChI is InChI=1S/C17H17ClFNO2/c1-3-12-6-4-5-7-16(12)22-11(2)17(21)20-13-8-9-15(19)14(18)10-13/h4-11H,3H2,1-2H3,(H,20,21)/t11-/m1/s1. The fraction of sp³-hybridized carbons (Fsp3) is 0.235. The Morgan fingerprint density at radius 2 is 2.05 bits per heavy atom. The molecule has 0 aliphatic carbocycles. The van der Waals surface area contributed by atoms with E-state index in [1.807, 2.05) is 31.2 Å². The third kappa shape index (κ3) is 3.98. The molecule has 0 aliphatic rings. The topological polar surface area (TPSA) is 38.3 Å². The van der Waals surface area contributed by atoms with Crippen molar-refractivity contribution in [2.45, 2.75) is 26.4 Å². The van der Waals surface area contributed by atoms with E-state index in [-0.39, 0.29) is 10.9 Å². The van der Waals surface area contributed by atoms with Crippen molar-refractivity contribution >= 4 is 23.2 Å². The zero-order chi connectivity index (χ0) is 16.1. The number of benzene rings is 2. The van der Waals surface area contributed by atoms with Crippen molar-refractivity contribution < 1.29 is 13.9 Å². The Balaban J connectivity index is 2.04. The number of carbonyl (C=O) groups excluding carboxylic acids is 1. The lowest BCUT2D eigenvalue weighted by Crippen LogP contribution is -2.30. The van der Waals surface area contributed by atoms with Crippen LogP contribution in [0.1, 0.15) is 19.4 Å². The largest absolute Gasteiger partial charge is 0.481 e. The molecule has 0 saturated carbocycles. The number of amides is 1. The van der Waals surface area contributed by atoms with Crippen LogP contribution in [0.4, 0.5) is 10.1 Å². The van der Waals surface area contributed by atoms with Crippen LogP contribution < -0.4 is 10.1 Å². The average molecular weight is 322 g/mol. The molecule has 3 nitrogen and oxygen atoms in total. The first-order valence-corrected chi connectivity index (χ1v) is 7.39. The van der Waals surface area contributed by atoms with Gasteiger partial charge in [-0.3, -0.25) is 4.79 Å². The third-order valence-electron chi connectivity index (χ3n) is 3.21. The number of ether oxygens (including phenoxy) is 1. The van der Waals surface area contributed by atoms with Gasteiger partial charge in [0.2, 0.25) is 0 Å². The van der Waals surface area contributed by atoms with Gasteiger partial charge >= 0.3 is 0 Å². The second kappa shape index (κ2) is 7.27. The van der Waals surface area contributed by atoms with Crippen molar-refractivity contribution in [2.75, 3.05) is 5.32 Å². The number of aryl methyl sites for hydroxylation is 1. The van der Waals surface area contributed by atoms with E-state index in [0.29, 0.717) is 11.4 Å². The summed E-state index contributed by atoms with van der Waals surface area (Å²) in [5.74, 6) is -0.167. The Morgan fingerprint density at radius 3 is 2.73 bits per heavy atom. The van der Waals surface area contributed by atoms with Crippen LogP contribution in [0.2, 0.25) is 5.02 Å². The van der Waals surface area contributed by atoms with Crippen molar-refractivity contribution in [3.05, 3.63) is 58.9 Å². The maximum absolute atomic E-state index is 13.1. The molecule has 0 bridgehead atoms. The summed E-state index contributed by atoms with van der Waals surface area (Å²) in [6.45, 7) is 3.68. The highest BCUT2D eigenvalue weighted by Gasteiger charge is 2.16. The minimum Gasteiger partial charge on any atom is -0.481 e. The van der Waals surface area contributed by atoms with E-state index in [2.05, 4.69) is 5.32 Å². The van der Waals surface area contributed by atoms with Gasteiger partial charge in [0.25, 0.3) is 5.91 Å². The molecule has 2 rings (SSSR count). The molecule has 0 aliphatic heterocycles. The Hall–Kier alpha value is -2.07. The Labute approximate surface area is 134 Å². The minimum atomic E-state index is -0.684. The van der Waals surface area contributed by atoms with Crippen LogP contribution in [0, 0.1) is 5.82 Å². The van der Waals surface area contributed by atoms with E-state index in [0.717, 1.165) is 12.0 Å². The normalized spacial score (nSPS) is 11.8. The van der Waals surface area contributed by atoms with Crippen LogP contribution in [0.15, 0.2) is 42.5 Å². The van der Waals surface area contributed by atoms with E-state index in [1.54, 1.807) is 6.92 Å². The fourth-order valence-electron chi connectivity index (χ4n) is 1.97. The van der Waals surface area contributed by atoms with E-state index >= 15 is 0 Å². The lowest BCUT2D eigenvalue weighted by Gasteiger charge is -2.17. The first kappa shape index (κ1) is 16.3. The lowest BCUT2D eigenvalue weighted by atomic mass is 10.1. The average Bonchev–Trinajstić information content (AvgIpc) is 2.51. The van der Waals surface area contributed by atoms with Gasteiger partial charge in [-0.1, -0.05) is 36.7 Å². The van der Waals surface area contributed by atoms with Gasteiger partial charge in [0.1, 0.15) is 11.6 Å². The summed E-state index contributed by atoms with van der Waals surface area (Å²) in [5, 5.41) is 2.61. The highest BCUT2D eigenvalue weighted by Crippen LogP contribution is 2.22. The minimum absolute atomic E-state index is 0.0392. The number of halogens is 2. The van der Waals surface area contributed by atoms with E-state index in [4.69, 9.17) is 16.3 Å². The molecule has 1 amide bonds. The molecule has 0 aromatic heterocycles. The van der Waals surface area contributed by atoms with Crippen LogP contribution in [-0.4, -0.2) is 12.0 Å². The molecule has 0 heterocycles. The lowest BCUT2D eigenvalue weighted by molar-refractivity contribution is -0.122. The number of carbonyl (C=O) groups is 1. The van der Waals surface area contributed by atoms with Gasteiger partial charge < -0.3 is 10.1 Å². The molecule has 5 heteroatoms. The van der Waals surface area contributed by atoms with Crippen LogP contribution >= 0.6 is 11.6 Å². The first-order valence-electron chi connectivity index (χ1n) is 7.01. The molecule has 0 spiro atoms. The van der Waals surface area contributed by atoms with Gasteiger partial charge in [0.05, 0.1) is 5.02 Å². The van der Waals surface area contributed by atoms with Crippen LogP contribution in [0.25, 0.3) is 0 Å². The molecule has 1 N–H and O–H groups in total. The Kier molecular flexibility index (Phi) is 5.39. The second-order valence-corrected chi connectivity index (χ2v) is 5.25. The maximum atomic E-state index is 13.1. The van der Waals surface area contributed by atoms with Crippen molar-refractivity contribution in [1.82, 2.24) is 0 Å². The van der Waals surface area contributed by atoms with Crippen molar-refractivity contribution in [1.29, 1.82) is 0 Å². The number of rotatable bonds is 5. The van der Waals surface area contributed by atoms with Gasteiger partial charge in [-0.2, -0.15) is 0 Å². The summed E-state index contributed by atoms with van der Waals surface area (Å²) in [5.41, 5.74) is 1.46. The highest BCUT2D eigenvalue weighted by atomic mass is 35.5. The first-order chi connectivity index (χ1) is 10.5. The molecule has 0 unspecified atom stereocenters. The molecule has 2 aromatic carbocycles. The summed E-state index contributed by atoms with van der Waals surface area (Å²) >= 11 is 5.69. The number of para-hydroxylation sites is 1. The van der Waals surface area contributed by atoms with Crippen molar-refractivity contribution in [3.8, 4) is 5.75 Å². The van der Waals surface area contributed by atoms with Gasteiger partial charge in [-0.15, -0.1) is 0 Å². The molecule has 22 heavy (non-hydrogen) atoms. The summed E-state index contributed by atoms with van der Waals surface area (Å²) in [6, 6.07) is 11.6. The molecule has 0 radical (unpaired) electrons. The summed E-state index contributed by atoms with van der Waals surface area (Å²) in [6.07, 6.45) is 0.134. The predicted molar refractivity (Wildman–Crippen MR) is 85.9 cm³/mol. The maximum Gasteiger partial charge on any atom is 0.265 e. The Morgan fingerprint density at radius 1 is 1.32 bits per heavy atom. The number of nitrogens with one attached hydrogen (secondary N) is 1. The zero-order valence-corrected chi connectivity index (χ0v) is 13.2. The summed E-state index contributed by atoms with van der Waals surface area (Å²) in [7, 11) is 0. The van der Waals surface area contributed by atoms with E-state index in [9.17, 15) is 9.18 Å². The smallest absolute Gasteiger partial charge is 0.265 e. The molecule has 1 atom stereocenters. The van der Waals surface area contributed by atoms with Gasteiger partial charge in [-0.05, 0) is 43.2 Å². The summed E-state index contributed by atoms with van der Waals surface area (Å²) in [4.78, 5) is 12.1. The Bertz CT molecular complexity index is 675. The molecule has 2 aromatic rings. The number of hydrogen-bond donors (Lipinski definition) is 1. The number of anilines is 1. The van der Waals surface area contributed by atoms with Crippen molar-refractivity contribution in [3.63, 3.8) is 0 Å². The molecular formula is C17H17ClFNO2. The van der Waals surface area contributed by atoms with Crippen LogP contribution in [0.5, 0.6) is 5.75 Å². The van der Waals surface area contributed by atoms with Crippen molar-refractivity contribution in [2.24, 2.45) is 0 Å². The van der Waals surface area contributed by atoms with Crippen LogP contribution in [0.3, 0.4) is 0 Å². The fourth-order valence-corrected chi connectivity index (χ4v) is 2.15. The molecule has 116 valence electrons. The molecular weight excluding hydrogens is 305 g/mol. The summed E-state index contributed by atoms with van der Waals surface area (Å²) < 4.78 is 18.8. The van der Waals surface area contributed by atoms with Crippen LogP contribution in [-0.2, 0) is 11.2 Å². The second-order valence-electron chi connectivity index (χ2n) is 4.84. The monoisotopic (exact) mass is 321 g/mol. The number of hydrogen-bond acceptors (Lipinski definition) is 2. The zero-order valence-electron chi connectivity index (χ0n) is 12.4.